The Hall–Kier alpha value is -0.960. The van der Waals surface area contributed by atoms with Crippen LogP contribution in [-0.4, -0.2) is 22.8 Å². The highest BCUT2D eigenvalue weighted by atomic mass is 16.3. The zero-order valence-electron chi connectivity index (χ0n) is 10.9. The number of ketones is 2. The fourth-order valence-electron chi connectivity index (χ4n) is 8.82. The molecule has 0 spiro atoms. The van der Waals surface area contributed by atoms with E-state index in [1.807, 2.05) is 0 Å². The van der Waals surface area contributed by atoms with E-state index >= 15 is 0 Å². The highest BCUT2D eigenvalue weighted by Gasteiger charge is 2.84. The quantitative estimate of drug-likeness (QED) is 0.652. The minimum Gasteiger partial charge on any atom is -0.392 e. The van der Waals surface area contributed by atoms with Gasteiger partial charge in [0.25, 0.3) is 0 Å². The molecule has 10 atom stereocenters. The normalized spacial score (nSPS) is 75.8. The first-order valence-electron chi connectivity index (χ1n) is 8.15. The van der Waals surface area contributed by atoms with Gasteiger partial charge in [-0.3, -0.25) is 9.59 Å². The molecule has 3 nitrogen and oxygen atoms in total. The number of hydrogen-bond donors (Lipinski definition) is 1. The Kier molecular flexibility index (Phi) is 1.22. The van der Waals surface area contributed by atoms with Crippen LogP contribution < -0.4 is 0 Å². The standard InChI is InChI=1S/C17H16O3/c18-15-6-3-1-2-4-5(3)8-9(6)11-12-10(8)7(4)16(19)14(12)17(20)13(11)15/h1-14,17,20H. The van der Waals surface area contributed by atoms with Crippen molar-refractivity contribution in [1.29, 1.82) is 0 Å². The van der Waals surface area contributed by atoms with Crippen LogP contribution in [0.15, 0.2) is 12.2 Å². The van der Waals surface area contributed by atoms with Gasteiger partial charge in [-0.1, -0.05) is 12.2 Å². The fourth-order valence-corrected chi connectivity index (χ4v) is 8.82. The van der Waals surface area contributed by atoms with E-state index in [1.165, 1.54) is 0 Å². The Labute approximate surface area is 116 Å². The lowest BCUT2D eigenvalue weighted by molar-refractivity contribution is -0.133. The molecule has 0 saturated heterocycles. The molecule has 1 N–H and O–H groups in total. The fraction of sp³-hybridized carbons (Fsp3) is 0.765. The Balaban J connectivity index is 1.60. The van der Waals surface area contributed by atoms with Crippen LogP contribution in [0.1, 0.15) is 0 Å². The molecular formula is C17H16O3. The van der Waals surface area contributed by atoms with Crippen LogP contribution in [0, 0.1) is 71.0 Å². The molecule has 0 aromatic carbocycles. The van der Waals surface area contributed by atoms with Gasteiger partial charge in [-0.2, -0.15) is 0 Å². The third-order valence-electron chi connectivity index (χ3n) is 8.65. The van der Waals surface area contributed by atoms with Gasteiger partial charge in [-0.15, -0.1) is 0 Å². The Bertz CT molecular complexity index is 595. The van der Waals surface area contributed by atoms with E-state index in [2.05, 4.69) is 12.2 Å². The SMILES string of the molecule is O=C1C2C(O)C3C(=O)C4C5C=CC6C1C1C2C3C4C1C65. The number of aliphatic hydroxyl groups excluding tert-OH is 1. The average Bonchev–Trinajstić information content (AvgIpc) is 3.11. The molecule has 102 valence electrons. The van der Waals surface area contributed by atoms with Gasteiger partial charge in [0.2, 0.25) is 0 Å². The first-order valence-corrected chi connectivity index (χ1v) is 8.15. The van der Waals surface area contributed by atoms with Crippen LogP contribution >= 0.6 is 0 Å². The zero-order valence-corrected chi connectivity index (χ0v) is 10.9. The van der Waals surface area contributed by atoms with Gasteiger partial charge in [0, 0.05) is 23.7 Å². The molecule has 6 fully saturated rings. The minimum absolute atomic E-state index is 0.191. The molecule has 0 radical (unpaired) electrons. The van der Waals surface area contributed by atoms with Crippen LogP contribution in [-0.2, 0) is 9.59 Å². The predicted octanol–water partition coefficient (Wildman–Crippen LogP) is 0.531. The summed E-state index contributed by atoms with van der Waals surface area (Å²) < 4.78 is 0. The van der Waals surface area contributed by atoms with Crippen molar-refractivity contribution in [3.63, 3.8) is 0 Å². The summed E-state index contributed by atoms with van der Waals surface area (Å²) in [4.78, 5) is 25.7. The highest BCUT2D eigenvalue weighted by Crippen LogP contribution is 2.82. The van der Waals surface area contributed by atoms with Crippen molar-refractivity contribution in [3.05, 3.63) is 12.2 Å². The number of rotatable bonds is 0. The lowest BCUT2D eigenvalue weighted by atomic mass is 9.78. The third-order valence-corrected chi connectivity index (χ3v) is 8.65. The summed E-state index contributed by atoms with van der Waals surface area (Å²) in [6.45, 7) is 0. The molecule has 0 aromatic rings. The van der Waals surface area contributed by atoms with Crippen molar-refractivity contribution in [3.8, 4) is 0 Å². The molecular weight excluding hydrogens is 252 g/mol. The average molecular weight is 268 g/mol. The number of aliphatic hydroxyl groups is 1. The van der Waals surface area contributed by atoms with Crippen LogP contribution in [0.25, 0.3) is 0 Å². The molecule has 6 saturated carbocycles. The van der Waals surface area contributed by atoms with Crippen molar-refractivity contribution >= 4 is 11.6 Å². The third kappa shape index (κ3) is 0.621. The molecule has 0 bridgehead atoms. The first kappa shape index (κ1) is 9.88. The molecule has 0 aromatic heterocycles. The summed E-state index contributed by atoms with van der Waals surface area (Å²) in [5.41, 5.74) is 0. The predicted molar refractivity (Wildman–Crippen MR) is 67.0 cm³/mol. The maximum absolute atomic E-state index is 12.9. The van der Waals surface area contributed by atoms with Crippen molar-refractivity contribution in [2.45, 2.75) is 6.10 Å². The molecule has 7 aliphatic carbocycles. The van der Waals surface area contributed by atoms with Crippen LogP contribution in [0.3, 0.4) is 0 Å². The van der Waals surface area contributed by atoms with Crippen LogP contribution in [0.2, 0.25) is 0 Å². The van der Waals surface area contributed by atoms with Gasteiger partial charge in [-0.25, -0.2) is 0 Å². The Morgan fingerprint density at radius 3 is 1.60 bits per heavy atom. The van der Waals surface area contributed by atoms with Gasteiger partial charge in [0.05, 0.1) is 6.10 Å². The van der Waals surface area contributed by atoms with Crippen molar-refractivity contribution < 1.29 is 14.7 Å². The molecule has 3 heteroatoms. The monoisotopic (exact) mass is 268 g/mol. The molecule has 7 rings (SSSR count). The van der Waals surface area contributed by atoms with Crippen LogP contribution in [0.5, 0.6) is 0 Å². The topological polar surface area (TPSA) is 54.4 Å². The number of hydrogen-bond acceptors (Lipinski definition) is 3. The molecule has 7 aliphatic rings. The summed E-state index contributed by atoms with van der Waals surface area (Å²) in [6, 6.07) is 0. The molecule has 20 heavy (non-hydrogen) atoms. The summed E-state index contributed by atoms with van der Waals surface area (Å²) in [6.07, 6.45) is 3.87. The summed E-state index contributed by atoms with van der Waals surface area (Å²) >= 11 is 0. The van der Waals surface area contributed by atoms with Gasteiger partial charge in [-0.05, 0) is 47.3 Å². The van der Waals surface area contributed by atoms with Crippen molar-refractivity contribution in [1.82, 2.24) is 0 Å². The maximum Gasteiger partial charge on any atom is 0.142 e. The van der Waals surface area contributed by atoms with Gasteiger partial charge in [0.1, 0.15) is 11.6 Å². The van der Waals surface area contributed by atoms with E-state index < -0.39 is 6.10 Å². The second-order valence-electron chi connectivity index (χ2n) is 8.40. The van der Waals surface area contributed by atoms with Crippen molar-refractivity contribution in [2.75, 3.05) is 0 Å². The Morgan fingerprint density at radius 2 is 1.10 bits per heavy atom. The largest absolute Gasteiger partial charge is 0.392 e. The molecule has 0 amide bonds. The number of carbonyl (C=O) groups excluding carboxylic acids is 2. The number of Topliss-reactive ketones (excluding diaryl/α,β-unsaturated/α-hetero) is 2. The first-order chi connectivity index (χ1) is 9.72. The maximum atomic E-state index is 12.9. The lowest BCUT2D eigenvalue weighted by Crippen LogP contribution is -2.37. The summed E-state index contributed by atoms with van der Waals surface area (Å²) in [5.74, 6) is 4.40. The number of allylic oxidation sites excluding steroid dienone is 2. The summed E-state index contributed by atoms with van der Waals surface area (Å²) in [7, 11) is 0. The van der Waals surface area contributed by atoms with Gasteiger partial charge in [0.15, 0.2) is 0 Å². The van der Waals surface area contributed by atoms with E-state index in [1.54, 1.807) is 0 Å². The van der Waals surface area contributed by atoms with E-state index in [4.69, 9.17) is 0 Å². The number of carbonyl (C=O) groups is 2. The minimum atomic E-state index is -0.653. The molecule has 10 unspecified atom stereocenters. The van der Waals surface area contributed by atoms with Gasteiger partial charge < -0.3 is 5.11 Å². The number of fused-ring (bicyclic) bond motifs is 2. The van der Waals surface area contributed by atoms with E-state index in [-0.39, 0.29) is 23.7 Å². The second-order valence-corrected chi connectivity index (χ2v) is 8.40. The lowest BCUT2D eigenvalue weighted by Gasteiger charge is -2.25. The molecule has 0 heterocycles. The van der Waals surface area contributed by atoms with Crippen molar-refractivity contribution in [2.24, 2.45) is 71.0 Å². The van der Waals surface area contributed by atoms with E-state index in [0.29, 0.717) is 58.9 Å². The van der Waals surface area contributed by atoms with E-state index in [9.17, 15) is 14.7 Å². The molecule has 0 aliphatic heterocycles. The Morgan fingerprint density at radius 1 is 0.650 bits per heavy atom. The second kappa shape index (κ2) is 2.47. The van der Waals surface area contributed by atoms with Gasteiger partial charge >= 0.3 is 0 Å². The van der Waals surface area contributed by atoms with E-state index in [0.717, 1.165) is 0 Å². The highest BCUT2D eigenvalue weighted by molar-refractivity contribution is 5.96. The zero-order chi connectivity index (χ0) is 13.1. The summed E-state index contributed by atoms with van der Waals surface area (Å²) in [5, 5.41) is 10.6. The van der Waals surface area contributed by atoms with Crippen LogP contribution in [0.4, 0.5) is 0 Å². The smallest absolute Gasteiger partial charge is 0.142 e.